The summed E-state index contributed by atoms with van der Waals surface area (Å²) in [6.45, 7) is 6.37. The number of anilines is 1. The monoisotopic (exact) mass is 485 g/mol. The van der Waals surface area contributed by atoms with Crippen LogP contribution in [0.25, 0.3) is 0 Å². The number of rotatable bonds is 8. The molecular weight excluding hydrogens is 457 g/mol. The molecule has 0 fully saturated rings. The molecule has 0 aliphatic heterocycles. The Balaban J connectivity index is 0.00000364. The number of nitrogens with one attached hydrogen (secondary N) is 1. The van der Waals surface area contributed by atoms with Crippen molar-refractivity contribution < 1.29 is 14.2 Å². The fourth-order valence-corrected chi connectivity index (χ4v) is 2.23. The van der Waals surface area contributed by atoms with E-state index in [0.717, 1.165) is 22.9 Å². The van der Waals surface area contributed by atoms with Gasteiger partial charge in [0.15, 0.2) is 5.96 Å². The molecule has 3 N–H and O–H groups in total. The van der Waals surface area contributed by atoms with Crippen LogP contribution >= 0.6 is 24.0 Å². The second kappa shape index (κ2) is 11.5. The molecule has 27 heavy (non-hydrogen) atoms. The first-order valence-electron chi connectivity index (χ1n) is 8.60. The molecule has 0 aliphatic carbocycles. The largest absolute Gasteiger partial charge is 0.497 e. The highest BCUT2D eigenvalue weighted by Crippen LogP contribution is 2.18. The molecule has 0 spiro atoms. The van der Waals surface area contributed by atoms with Crippen LogP contribution in [0.2, 0.25) is 0 Å². The van der Waals surface area contributed by atoms with Gasteiger partial charge in [-0.15, -0.1) is 24.0 Å². The SMILES string of the molecule is COc1ccc(OC(C)CN=C(N)Nc2ccc(OC(C)C)cc2)cc1.I. The molecule has 2 rings (SSSR count). The highest BCUT2D eigenvalue weighted by atomic mass is 127. The number of benzene rings is 2. The molecule has 0 radical (unpaired) electrons. The smallest absolute Gasteiger partial charge is 0.193 e. The molecule has 0 saturated carbocycles. The summed E-state index contributed by atoms with van der Waals surface area (Å²) in [6.07, 6.45) is 0.0400. The first kappa shape index (κ1) is 22.9. The van der Waals surface area contributed by atoms with Gasteiger partial charge in [-0.2, -0.15) is 0 Å². The van der Waals surface area contributed by atoms with E-state index in [9.17, 15) is 0 Å². The molecule has 2 aromatic rings. The normalized spacial score (nSPS) is 12.1. The average Bonchev–Trinajstić information content (AvgIpc) is 2.62. The van der Waals surface area contributed by atoms with Gasteiger partial charge in [0.1, 0.15) is 23.4 Å². The van der Waals surface area contributed by atoms with Crippen LogP contribution < -0.4 is 25.3 Å². The van der Waals surface area contributed by atoms with Crippen LogP contribution in [-0.2, 0) is 0 Å². The lowest BCUT2D eigenvalue weighted by Gasteiger charge is -2.14. The Morgan fingerprint density at radius 3 is 2.00 bits per heavy atom. The standard InChI is InChI=1S/C20H27N3O3.HI/c1-14(2)25-18-7-5-16(6-8-18)23-20(21)22-13-15(3)26-19-11-9-17(24-4)10-12-19;/h5-12,14-15H,13H2,1-4H3,(H3,21,22,23);1H. The fraction of sp³-hybridized carbons (Fsp3) is 0.350. The predicted octanol–water partition coefficient (Wildman–Crippen LogP) is 4.29. The van der Waals surface area contributed by atoms with E-state index in [-0.39, 0.29) is 36.2 Å². The van der Waals surface area contributed by atoms with Gasteiger partial charge in [-0.25, -0.2) is 4.99 Å². The van der Waals surface area contributed by atoms with Gasteiger partial charge in [-0.1, -0.05) is 0 Å². The lowest BCUT2D eigenvalue weighted by Crippen LogP contribution is -2.25. The van der Waals surface area contributed by atoms with Gasteiger partial charge < -0.3 is 25.3 Å². The number of hydrogen-bond donors (Lipinski definition) is 2. The van der Waals surface area contributed by atoms with E-state index in [0.29, 0.717) is 12.5 Å². The van der Waals surface area contributed by atoms with Crippen molar-refractivity contribution in [2.45, 2.75) is 33.0 Å². The zero-order valence-corrected chi connectivity index (χ0v) is 18.5. The van der Waals surface area contributed by atoms with Crippen LogP contribution in [0, 0.1) is 0 Å². The van der Waals surface area contributed by atoms with Gasteiger partial charge in [0.05, 0.1) is 19.8 Å². The van der Waals surface area contributed by atoms with E-state index in [1.54, 1.807) is 7.11 Å². The number of hydrogen-bond acceptors (Lipinski definition) is 4. The molecule has 148 valence electrons. The van der Waals surface area contributed by atoms with Crippen molar-refractivity contribution in [2.75, 3.05) is 19.0 Å². The third-order valence-corrected chi connectivity index (χ3v) is 3.41. The van der Waals surface area contributed by atoms with Crippen molar-refractivity contribution in [3.63, 3.8) is 0 Å². The summed E-state index contributed by atoms with van der Waals surface area (Å²) in [5, 5.41) is 3.06. The molecule has 7 heteroatoms. The molecular formula is C20H28IN3O3. The third kappa shape index (κ3) is 8.38. The summed E-state index contributed by atoms with van der Waals surface area (Å²) in [6, 6.07) is 15.0. The van der Waals surface area contributed by atoms with Gasteiger partial charge >= 0.3 is 0 Å². The molecule has 1 atom stereocenters. The van der Waals surface area contributed by atoms with E-state index in [4.69, 9.17) is 19.9 Å². The lowest BCUT2D eigenvalue weighted by atomic mass is 10.3. The van der Waals surface area contributed by atoms with E-state index in [1.165, 1.54) is 0 Å². The average molecular weight is 485 g/mol. The van der Waals surface area contributed by atoms with Gasteiger partial charge in [-0.3, -0.25) is 0 Å². The molecule has 0 bridgehead atoms. The summed E-state index contributed by atoms with van der Waals surface area (Å²) in [4.78, 5) is 4.32. The number of nitrogens with zero attached hydrogens (tertiary/aromatic N) is 1. The van der Waals surface area contributed by atoms with Crippen molar-refractivity contribution >= 4 is 35.6 Å². The molecule has 0 heterocycles. The summed E-state index contributed by atoms with van der Waals surface area (Å²) >= 11 is 0. The van der Waals surface area contributed by atoms with Crippen LogP contribution in [0.15, 0.2) is 53.5 Å². The highest BCUT2D eigenvalue weighted by molar-refractivity contribution is 14.0. The Morgan fingerprint density at radius 1 is 0.926 bits per heavy atom. The molecule has 1 unspecified atom stereocenters. The molecule has 0 aromatic heterocycles. The number of nitrogens with two attached hydrogens (primary N) is 1. The number of ether oxygens (including phenoxy) is 3. The fourth-order valence-electron chi connectivity index (χ4n) is 2.23. The minimum Gasteiger partial charge on any atom is -0.497 e. The maximum atomic E-state index is 5.94. The topological polar surface area (TPSA) is 78.1 Å². The number of methoxy groups -OCH3 is 1. The molecule has 0 aliphatic rings. The number of guanidine groups is 1. The Hall–Kier alpha value is -2.16. The van der Waals surface area contributed by atoms with Crippen molar-refractivity contribution in [1.29, 1.82) is 0 Å². The summed E-state index contributed by atoms with van der Waals surface area (Å²) in [5.74, 6) is 2.72. The summed E-state index contributed by atoms with van der Waals surface area (Å²) in [7, 11) is 1.63. The predicted molar refractivity (Wildman–Crippen MR) is 121 cm³/mol. The van der Waals surface area contributed by atoms with E-state index < -0.39 is 0 Å². The Bertz CT molecular complexity index is 703. The van der Waals surface area contributed by atoms with Crippen LogP contribution in [0.5, 0.6) is 17.2 Å². The second-order valence-corrected chi connectivity index (χ2v) is 6.15. The van der Waals surface area contributed by atoms with Crippen LogP contribution in [-0.4, -0.2) is 31.8 Å². The van der Waals surface area contributed by atoms with E-state index >= 15 is 0 Å². The Labute approximate surface area is 178 Å². The van der Waals surface area contributed by atoms with Gasteiger partial charge in [0, 0.05) is 5.69 Å². The second-order valence-electron chi connectivity index (χ2n) is 6.15. The minimum atomic E-state index is -0.106. The highest BCUT2D eigenvalue weighted by Gasteiger charge is 2.05. The molecule has 0 saturated heterocycles. The van der Waals surface area contributed by atoms with E-state index in [1.807, 2.05) is 69.3 Å². The van der Waals surface area contributed by atoms with Crippen LogP contribution in [0.3, 0.4) is 0 Å². The maximum Gasteiger partial charge on any atom is 0.193 e. The zero-order valence-electron chi connectivity index (χ0n) is 16.1. The van der Waals surface area contributed by atoms with Gasteiger partial charge in [0.25, 0.3) is 0 Å². The van der Waals surface area contributed by atoms with Crippen LogP contribution in [0.4, 0.5) is 5.69 Å². The first-order valence-corrected chi connectivity index (χ1v) is 8.60. The van der Waals surface area contributed by atoms with Gasteiger partial charge in [0.2, 0.25) is 0 Å². The van der Waals surface area contributed by atoms with Crippen molar-refractivity contribution in [3.05, 3.63) is 48.5 Å². The number of aliphatic imine (C=N–C) groups is 1. The van der Waals surface area contributed by atoms with Crippen molar-refractivity contribution in [2.24, 2.45) is 10.7 Å². The third-order valence-electron chi connectivity index (χ3n) is 3.41. The zero-order chi connectivity index (χ0) is 18.9. The quantitative estimate of drug-likeness (QED) is 0.331. The first-order chi connectivity index (χ1) is 12.5. The summed E-state index contributed by atoms with van der Waals surface area (Å²) in [5.41, 5.74) is 6.79. The summed E-state index contributed by atoms with van der Waals surface area (Å²) < 4.78 is 16.5. The minimum absolute atomic E-state index is 0. The number of halogens is 1. The Kier molecular flexibility index (Phi) is 9.77. The van der Waals surface area contributed by atoms with Crippen molar-refractivity contribution in [3.8, 4) is 17.2 Å². The van der Waals surface area contributed by atoms with E-state index in [2.05, 4.69) is 10.3 Å². The van der Waals surface area contributed by atoms with Crippen molar-refractivity contribution in [1.82, 2.24) is 0 Å². The molecule has 6 nitrogen and oxygen atoms in total. The lowest BCUT2D eigenvalue weighted by molar-refractivity contribution is 0.230. The van der Waals surface area contributed by atoms with Gasteiger partial charge in [-0.05, 0) is 69.3 Å². The van der Waals surface area contributed by atoms with Crippen LogP contribution in [0.1, 0.15) is 20.8 Å². The molecule has 0 amide bonds. The maximum absolute atomic E-state index is 5.94. The Morgan fingerprint density at radius 2 is 1.44 bits per heavy atom. The molecule has 2 aromatic carbocycles.